The smallest absolute Gasteiger partial charge is 0.228 e. The van der Waals surface area contributed by atoms with Crippen molar-refractivity contribution < 1.29 is 4.79 Å². The molecule has 1 unspecified atom stereocenters. The Morgan fingerprint density at radius 1 is 0.897 bits per heavy atom. The second kappa shape index (κ2) is 8.33. The van der Waals surface area contributed by atoms with Crippen LogP contribution in [0.3, 0.4) is 0 Å². The highest BCUT2D eigenvalue weighted by Gasteiger charge is 2.37. The van der Waals surface area contributed by atoms with Crippen LogP contribution in [-0.4, -0.2) is 39.9 Å². The summed E-state index contributed by atoms with van der Waals surface area (Å²) in [5, 5.41) is 0. The molecule has 3 heterocycles. The summed E-state index contributed by atoms with van der Waals surface area (Å²) in [5.41, 5.74) is 2.32. The molecule has 1 atom stereocenters. The molecular formula is C24H36N4O. The fourth-order valence-electron chi connectivity index (χ4n) is 6.31. The van der Waals surface area contributed by atoms with Crippen LogP contribution in [0.15, 0.2) is 0 Å². The maximum Gasteiger partial charge on any atom is 0.228 e. The average molecular weight is 397 g/mol. The highest BCUT2D eigenvalue weighted by atomic mass is 16.2. The largest absolute Gasteiger partial charge is 0.296 e. The van der Waals surface area contributed by atoms with E-state index in [9.17, 15) is 4.79 Å². The number of amides is 1. The van der Waals surface area contributed by atoms with Crippen LogP contribution in [0.25, 0.3) is 0 Å². The average Bonchev–Trinajstić information content (AvgIpc) is 3.42. The lowest BCUT2D eigenvalue weighted by molar-refractivity contribution is -0.119. The first-order valence-corrected chi connectivity index (χ1v) is 12.1. The Balaban J connectivity index is 1.44. The van der Waals surface area contributed by atoms with Crippen LogP contribution in [0, 0.1) is 12.8 Å². The van der Waals surface area contributed by atoms with Gasteiger partial charge in [0.1, 0.15) is 11.6 Å². The van der Waals surface area contributed by atoms with E-state index in [0.717, 1.165) is 36.7 Å². The minimum Gasteiger partial charge on any atom is -0.296 e. The molecule has 158 valence electrons. The monoisotopic (exact) mass is 396 g/mol. The number of hydrogen-bond donors (Lipinski definition) is 0. The second-order valence-corrected chi connectivity index (χ2v) is 9.81. The lowest BCUT2D eigenvalue weighted by Gasteiger charge is -2.35. The van der Waals surface area contributed by atoms with E-state index in [1.165, 1.54) is 76.3 Å². The van der Waals surface area contributed by atoms with Crippen LogP contribution in [0.5, 0.6) is 0 Å². The van der Waals surface area contributed by atoms with Crippen LogP contribution in [0.4, 0.5) is 5.82 Å². The van der Waals surface area contributed by atoms with Crippen molar-refractivity contribution in [1.82, 2.24) is 14.9 Å². The highest BCUT2D eigenvalue weighted by Crippen LogP contribution is 2.39. The molecule has 4 aliphatic rings. The predicted molar refractivity (Wildman–Crippen MR) is 115 cm³/mol. The summed E-state index contributed by atoms with van der Waals surface area (Å²) in [7, 11) is 0. The molecule has 5 heteroatoms. The van der Waals surface area contributed by atoms with Crippen molar-refractivity contribution in [2.75, 3.05) is 18.0 Å². The van der Waals surface area contributed by atoms with Crippen molar-refractivity contribution in [3.63, 3.8) is 0 Å². The van der Waals surface area contributed by atoms with Gasteiger partial charge >= 0.3 is 0 Å². The maximum absolute atomic E-state index is 12.9. The number of carbonyl (C=O) groups excluding carboxylic acids is 1. The summed E-state index contributed by atoms with van der Waals surface area (Å²) >= 11 is 0. The molecule has 0 bridgehead atoms. The highest BCUT2D eigenvalue weighted by molar-refractivity contribution is 5.95. The van der Waals surface area contributed by atoms with E-state index in [-0.39, 0.29) is 5.91 Å². The fourth-order valence-corrected chi connectivity index (χ4v) is 6.31. The zero-order chi connectivity index (χ0) is 19.8. The molecule has 1 saturated heterocycles. The molecule has 5 rings (SSSR count). The number of hydrogen-bond acceptors (Lipinski definition) is 4. The van der Waals surface area contributed by atoms with Crippen molar-refractivity contribution in [3.8, 4) is 0 Å². The van der Waals surface area contributed by atoms with Crippen LogP contribution in [0.2, 0.25) is 0 Å². The van der Waals surface area contributed by atoms with Crippen molar-refractivity contribution in [2.24, 2.45) is 5.92 Å². The lowest BCUT2D eigenvalue weighted by atomic mass is 9.88. The molecule has 0 aromatic carbocycles. The van der Waals surface area contributed by atoms with Gasteiger partial charge in [0.2, 0.25) is 5.91 Å². The van der Waals surface area contributed by atoms with Crippen LogP contribution >= 0.6 is 0 Å². The van der Waals surface area contributed by atoms with Gasteiger partial charge in [-0.15, -0.1) is 0 Å². The molecule has 2 aliphatic heterocycles. The molecule has 0 N–H and O–H groups in total. The first-order valence-electron chi connectivity index (χ1n) is 12.1. The van der Waals surface area contributed by atoms with Gasteiger partial charge in [0.05, 0.1) is 6.04 Å². The van der Waals surface area contributed by atoms with Crippen molar-refractivity contribution in [2.45, 2.75) is 102 Å². The van der Waals surface area contributed by atoms with Gasteiger partial charge in [-0.25, -0.2) is 9.97 Å². The summed E-state index contributed by atoms with van der Waals surface area (Å²) in [5.74, 6) is 2.84. The van der Waals surface area contributed by atoms with Gasteiger partial charge in [0.25, 0.3) is 0 Å². The molecular weight excluding hydrogens is 360 g/mol. The van der Waals surface area contributed by atoms with Crippen molar-refractivity contribution in [3.05, 3.63) is 17.1 Å². The van der Waals surface area contributed by atoms with E-state index in [2.05, 4.69) is 11.8 Å². The van der Waals surface area contributed by atoms with E-state index in [0.29, 0.717) is 24.4 Å². The number of likely N-dealkylation sites (tertiary alicyclic amines) is 1. The molecule has 3 fully saturated rings. The number of anilines is 1. The predicted octanol–water partition coefficient (Wildman–Crippen LogP) is 4.72. The second-order valence-electron chi connectivity index (χ2n) is 9.81. The van der Waals surface area contributed by atoms with Crippen LogP contribution < -0.4 is 4.90 Å². The van der Waals surface area contributed by atoms with E-state index in [1.807, 2.05) is 4.90 Å². The molecule has 29 heavy (non-hydrogen) atoms. The third-order valence-electron chi connectivity index (χ3n) is 7.91. The van der Waals surface area contributed by atoms with E-state index in [1.54, 1.807) is 0 Å². The molecule has 0 radical (unpaired) electrons. The molecule has 2 aliphatic carbocycles. The molecule has 2 saturated carbocycles. The van der Waals surface area contributed by atoms with Gasteiger partial charge in [-0.3, -0.25) is 14.6 Å². The van der Waals surface area contributed by atoms with Gasteiger partial charge < -0.3 is 0 Å². The van der Waals surface area contributed by atoms with E-state index < -0.39 is 0 Å². The Labute approximate surface area is 175 Å². The summed E-state index contributed by atoms with van der Waals surface area (Å²) in [4.78, 5) is 27.8. The number of aryl methyl sites for hydroxylation is 1. The van der Waals surface area contributed by atoms with Gasteiger partial charge in [-0.2, -0.15) is 0 Å². The minimum absolute atomic E-state index is 0.270. The number of fused-ring (bicyclic) bond motifs is 1. The molecule has 1 aromatic heterocycles. The number of aromatic nitrogens is 2. The summed E-state index contributed by atoms with van der Waals surface area (Å²) < 4.78 is 0. The van der Waals surface area contributed by atoms with Gasteiger partial charge in [0, 0.05) is 30.3 Å². The van der Waals surface area contributed by atoms with Gasteiger partial charge in [-0.05, 0) is 64.3 Å². The van der Waals surface area contributed by atoms with Gasteiger partial charge in [-0.1, -0.05) is 32.1 Å². The normalized spacial score (nSPS) is 27.0. The van der Waals surface area contributed by atoms with Crippen molar-refractivity contribution >= 4 is 11.7 Å². The number of carbonyl (C=O) groups is 1. The van der Waals surface area contributed by atoms with E-state index >= 15 is 0 Å². The summed E-state index contributed by atoms with van der Waals surface area (Å²) in [6.07, 6.45) is 15.7. The van der Waals surface area contributed by atoms with Crippen LogP contribution in [-0.2, 0) is 11.2 Å². The summed E-state index contributed by atoms with van der Waals surface area (Å²) in [6.45, 7) is 4.17. The fraction of sp³-hybridized carbons (Fsp3) is 0.792. The Morgan fingerprint density at radius 3 is 2.45 bits per heavy atom. The number of nitrogens with zero attached hydrogens (tertiary/aromatic N) is 4. The van der Waals surface area contributed by atoms with E-state index in [4.69, 9.17) is 9.97 Å². The quantitative estimate of drug-likeness (QED) is 0.739. The molecule has 1 amide bonds. The Morgan fingerprint density at radius 2 is 1.66 bits per heavy atom. The third kappa shape index (κ3) is 3.83. The molecule has 0 spiro atoms. The first-order chi connectivity index (χ1) is 14.2. The maximum atomic E-state index is 12.9. The molecule has 1 aromatic rings. The standard InChI is InChI=1S/C24H36N4O/c1-17-20-13-14-22(29)28(16-18-8-3-2-4-9-18)24(20)26-23(25-17)21-12-7-15-27(21)19-10-5-6-11-19/h18-19,21H,2-16H2,1H3. The minimum atomic E-state index is 0.270. The van der Waals surface area contributed by atoms with Crippen LogP contribution in [0.1, 0.15) is 100 Å². The Kier molecular flexibility index (Phi) is 5.59. The Hall–Kier alpha value is -1.49. The zero-order valence-electron chi connectivity index (χ0n) is 18.0. The lowest BCUT2D eigenvalue weighted by Crippen LogP contribution is -2.41. The topological polar surface area (TPSA) is 49.3 Å². The van der Waals surface area contributed by atoms with Gasteiger partial charge in [0.15, 0.2) is 0 Å². The summed E-state index contributed by atoms with van der Waals surface area (Å²) in [6, 6.07) is 1.05. The third-order valence-corrected chi connectivity index (χ3v) is 7.91. The Bertz CT molecular complexity index is 751. The number of rotatable bonds is 4. The SMILES string of the molecule is Cc1nc(C2CCCN2C2CCCC2)nc2c1CCC(=O)N2CC1CCCCC1. The molecule has 5 nitrogen and oxygen atoms in total. The van der Waals surface area contributed by atoms with Crippen molar-refractivity contribution in [1.29, 1.82) is 0 Å². The zero-order valence-corrected chi connectivity index (χ0v) is 18.0. The first kappa shape index (κ1) is 19.5.